The molecule has 6 nitrogen and oxygen atoms in total. The summed E-state index contributed by atoms with van der Waals surface area (Å²) in [5, 5.41) is 5.23. The van der Waals surface area contributed by atoms with Crippen LogP contribution in [0.3, 0.4) is 0 Å². The minimum absolute atomic E-state index is 0.186. The Bertz CT molecular complexity index is 570. The number of hydrogen-bond acceptors (Lipinski definition) is 4. The molecule has 0 unspecified atom stereocenters. The first kappa shape index (κ1) is 16.9. The molecule has 2 N–H and O–H groups in total. The molecule has 130 valence electrons. The number of benzene rings is 1. The molecule has 1 aliphatic carbocycles. The van der Waals surface area contributed by atoms with Crippen molar-refractivity contribution in [3.8, 4) is 0 Å². The van der Waals surface area contributed by atoms with Crippen molar-refractivity contribution in [1.82, 2.24) is 10.6 Å². The predicted octanol–water partition coefficient (Wildman–Crippen LogP) is 1.49. The van der Waals surface area contributed by atoms with E-state index in [-0.39, 0.29) is 6.10 Å². The number of nitrogens with one attached hydrogen (secondary N) is 2. The molecule has 1 aromatic carbocycles. The summed E-state index contributed by atoms with van der Waals surface area (Å²) in [6.07, 6.45) is 5.08. The highest BCUT2D eigenvalue weighted by molar-refractivity contribution is 6.35. The molecule has 6 heteroatoms. The Balaban J connectivity index is 1.38. The zero-order valence-electron chi connectivity index (χ0n) is 13.8. The standard InChI is InChI=1S/C18H24N2O4/c21-16(19-11-14-7-3-1-4-8-14)17(22)20-12-15-13-23-18(24-15)9-5-2-6-10-18/h1,3-4,7-8,15H,2,5-6,9-13H2,(H,19,21)(H,20,22)/t15-/m1/s1. The van der Waals surface area contributed by atoms with Crippen LogP contribution in [0.1, 0.15) is 37.7 Å². The van der Waals surface area contributed by atoms with Crippen LogP contribution in [-0.2, 0) is 25.6 Å². The van der Waals surface area contributed by atoms with E-state index >= 15 is 0 Å². The molecule has 0 radical (unpaired) electrons. The van der Waals surface area contributed by atoms with Gasteiger partial charge >= 0.3 is 11.8 Å². The summed E-state index contributed by atoms with van der Waals surface area (Å²) in [5.41, 5.74) is 0.949. The second kappa shape index (κ2) is 7.77. The molecule has 1 heterocycles. The fraction of sp³-hybridized carbons (Fsp3) is 0.556. The molecule has 1 saturated heterocycles. The monoisotopic (exact) mass is 332 g/mol. The summed E-state index contributed by atoms with van der Waals surface area (Å²) >= 11 is 0. The number of rotatable bonds is 4. The summed E-state index contributed by atoms with van der Waals surface area (Å²) in [6.45, 7) is 1.09. The lowest BCUT2D eigenvalue weighted by Gasteiger charge is -2.31. The summed E-state index contributed by atoms with van der Waals surface area (Å²) in [5.74, 6) is -1.73. The first-order valence-electron chi connectivity index (χ1n) is 8.59. The molecule has 1 saturated carbocycles. The van der Waals surface area contributed by atoms with Gasteiger partial charge in [0.05, 0.1) is 6.61 Å². The summed E-state index contributed by atoms with van der Waals surface area (Å²) in [7, 11) is 0. The van der Waals surface area contributed by atoms with Gasteiger partial charge in [-0.05, 0) is 18.4 Å². The molecule has 2 fully saturated rings. The topological polar surface area (TPSA) is 76.7 Å². The van der Waals surface area contributed by atoms with E-state index < -0.39 is 17.6 Å². The van der Waals surface area contributed by atoms with E-state index in [1.165, 1.54) is 6.42 Å². The van der Waals surface area contributed by atoms with Crippen LogP contribution >= 0.6 is 0 Å². The maximum absolute atomic E-state index is 11.9. The SMILES string of the molecule is O=C(NCc1ccccc1)C(=O)NC[C@@H]1COC2(CCCCC2)O1. The lowest BCUT2D eigenvalue weighted by Crippen LogP contribution is -2.43. The summed E-state index contributed by atoms with van der Waals surface area (Å²) in [4.78, 5) is 23.7. The van der Waals surface area contributed by atoms with Crippen LogP contribution in [0.15, 0.2) is 30.3 Å². The molecule has 0 bridgehead atoms. The third-order valence-corrected chi connectivity index (χ3v) is 4.52. The van der Waals surface area contributed by atoms with Gasteiger partial charge in [0, 0.05) is 25.9 Å². The molecule has 1 aromatic rings. The van der Waals surface area contributed by atoms with Gasteiger partial charge in [0.25, 0.3) is 0 Å². The van der Waals surface area contributed by atoms with Crippen LogP contribution in [0.4, 0.5) is 0 Å². The lowest BCUT2D eigenvalue weighted by molar-refractivity contribution is -0.186. The Labute approximate surface area is 141 Å². The number of amides is 2. The van der Waals surface area contributed by atoms with Gasteiger partial charge in [-0.2, -0.15) is 0 Å². The largest absolute Gasteiger partial charge is 0.347 e. The van der Waals surface area contributed by atoms with E-state index in [2.05, 4.69) is 10.6 Å². The van der Waals surface area contributed by atoms with Gasteiger partial charge < -0.3 is 20.1 Å². The minimum atomic E-state index is -0.640. The quantitative estimate of drug-likeness (QED) is 0.819. The molecular weight excluding hydrogens is 308 g/mol. The van der Waals surface area contributed by atoms with Crippen LogP contribution < -0.4 is 10.6 Å². The third-order valence-electron chi connectivity index (χ3n) is 4.52. The van der Waals surface area contributed by atoms with Gasteiger partial charge in [0.1, 0.15) is 6.10 Å². The minimum Gasteiger partial charge on any atom is -0.347 e. The molecule has 3 rings (SSSR count). The molecule has 2 aliphatic rings. The normalized spacial score (nSPS) is 22.2. The highest BCUT2D eigenvalue weighted by Gasteiger charge is 2.42. The molecule has 1 aliphatic heterocycles. The van der Waals surface area contributed by atoms with E-state index in [4.69, 9.17) is 9.47 Å². The van der Waals surface area contributed by atoms with Gasteiger partial charge in [-0.1, -0.05) is 36.8 Å². The van der Waals surface area contributed by atoms with Crippen molar-refractivity contribution in [2.45, 2.75) is 50.5 Å². The van der Waals surface area contributed by atoms with Crippen molar-refractivity contribution in [2.24, 2.45) is 0 Å². The maximum atomic E-state index is 11.9. The average molecular weight is 332 g/mol. The molecule has 1 spiro atoms. The first-order valence-corrected chi connectivity index (χ1v) is 8.59. The van der Waals surface area contributed by atoms with Crippen molar-refractivity contribution in [3.05, 3.63) is 35.9 Å². The van der Waals surface area contributed by atoms with Crippen LogP contribution in [-0.4, -0.2) is 36.9 Å². The second-order valence-electron chi connectivity index (χ2n) is 6.40. The third kappa shape index (κ3) is 4.33. The van der Waals surface area contributed by atoms with Crippen molar-refractivity contribution >= 4 is 11.8 Å². The Kier molecular flexibility index (Phi) is 5.48. The van der Waals surface area contributed by atoms with Gasteiger partial charge in [0.15, 0.2) is 5.79 Å². The fourth-order valence-corrected chi connectivity index (χ4v) is 3.22. The van der Waals surface area contributed by atoms with E-state index in [0.717, 1.165) is 31.2 Å². The highest BCUT2D eigenvalue weighted by Crippen LogP contribution is 2.37. The smallest absolute Gasteiger partial charge is 0.309 e. The van der Waals surface area contributed by atoms with Gasteiger partial charge in [0.2, 0.25) is 0 Å². The van der Waals surface area contributed by atoms with Crippen LogP contribution in [0, 0.1) is 0 Å². The second-order valence-corrected chi connectivity index (χ2v) is 6.40. The van der Waals surface area contributed by atoms with Crippen molar-refractivity contribution in [3.63, 3.8) is 0 Å². The number of ether oxygens (including phenoxy) is 2. The average Bonchev–Trinajstić information content (AvgIpc) is 3.01. The van der Waals surface area contributed by atoms with Crippen molar-refractivity contribution < 1.29 is 19.1 Å². The molecule has 24 heavy (non-hydrogen) atoms. The first-order chi connectivity index (χ1) is 11.7. The predicted molar refractivity (Wildman–Crippen MR) is 87.9 cm³/mol. The number of hydrogen-bond donors (Lipinski definition) is 2. The van der Waals surface area contributed by atoms with Gasteiger partial charge in [-0.15, -0.1) is 0 Å². The Morgan fingerprint density at radius 2 is 1.75 bits per heavy atom. The summed E-state index contributed by atoms with van der Waals surface area (Å²) in [6, 6.07) is 9.47. The maximum Gasteiger partial charge on any atom is 0.309 e. The number of carbonyl (C=O) groups excluding carboxylic acids is 2. The van der Waals surface area contributed by atoms with E-state index in [1.54, 1.807) is 0 Å². The molecular formula is C18H24N2O4. The van der Waals surface area contributed by atoms with Gasteiger partial charge in [-0.25, -0.2) is 0 Å². The Hall–Kier alpha value is -1.92. The Morgan fingerprint density at radius 1 is 1.04 bits per heavy atom. The zero-order chi connectivity index (χ0) is 16.8. The van der Waals surface area contributed by atoms with E-state index in [0.29, 0.717) is 19.7 Å². The van der Waals surface area contributed by atoms with Crippen molar-refractivity contribution in [2.75, 3.05) is 13.2 Å². The Morgan fingerprint density at radius 3 is 2.50 bits per heavy atom. The van der Waals surface area contributed by atoms with E-state index in [9.17, 15) is 9.59 Å². The van der Waals surface area contributed by atoms with Crippen LogP contribution in [0.25, 0.3) is 0 Å². The van der Waals surface area contributed by atoms with Crippen molar-refractivity contribution in [1.29, 1.82) is 0 Å². The lowest BCUT2D eigenvalue weighted by atomic mass is 9.94. The zero-order valence-corrected chi connectivity index (χ0v) is 13.8. The highest BCUT2D eigenvalue weighted by atomic mass is 16.7. The molecule has 2 amide bonds. The van der Waals surface area contributed by atoms with Crippen LogP contribution in [0.5, 0.6) is 0 Å². The van der Waals surface area contributed by atoms with E-state index in [1.807, 2.05) is 30.3 Å². The molecule has 0 aromatic heterocycles. The number of carbonyl (C=O) groups is 2. The van der Waals surface area contributed by atoms with Gasteiger partial charge in [-0.3, -0.25) is 9.59 Å². The fourth-order valence-electron chi connectivity index (χ4n) is 3.22. The summed E-state index contributed by atoms with van der Waals surface area (Å²) < 4.78 is 11.8. The molecule has 1 atom stereocenters. The van der Waals surface area contributed by atoms with Crippen LogP contribution in [0.2, 0.25) is 0 Å².